The van der Waals surface area contributed by atoms with Crippen molar-refractivity contribution >= 4 is 51.2 Å². The number of imidazole rings is 1. The lowest BCUT2D eigenvalue weighted by Crippen LogP contribution is -2.37. The Morgan fingerprint density at radius 2 is 2.08 bits per heavy atom. The fourth-order valence-electron chi connectivity index (χ4n) is 4.15. The van der Waals surface area contributed by atoms with E-state index in [-0.39, 0.29) is 24.3 Å². The molecule has 1 aliphatic carbocycles. The first-order chi connectivity index (χ1) is 17.1. The highest BCUT2D eigenvalue weighted by atomic mass is 79.9. The summed E-state index contributed by atoms with van der Waals surface area (Å²) < 4.78 is 18.5. The third-order valence-corrected chi connectivity index (χ3v) is 6.45. The van der Waals surface area contributed by atoms with Gasteiger partial charge in [0, 0.05) is 12.0 Å². The number of hydrogen-bond acceptors (Lipinski definition) is 7. The van der Waals surface area contributed by atoms with Gasteiger partial charge in [0.1, 0.15) is 21.5 Å². The average molecular weight is 586 g/mol. The van der Waals surface area contributed by atoms with E-state index in [0.29, 0.717) is 41.5 Å². The number of ether oxygens (including phenoxy) is 3. The lowest BCUT2D eigenvalue weighted by atomic mass is 10.1. The Labute approximate surface area is 225 Å². The summed E-state index contributed by atoms with van der Waals surface area (Å²) >= 11 is 9.97. The molecule has 2 aromatic rings. The van der Waals surface area contributed by atoms with Crippen LogP contribution < -0.4 is 5.32 Å². The second-order valence-electron chi connectivity index (χ2n) is 9.63. The third-order valence-electron chi connectivity index (χ3n) is 5.62. The van der Waals surface area contributed by atoms with Crippen LogP contribution in [0.3, 0.4) is 0 Å². The predicted molar refractivity (Wildman–Crippen MR) is 141 cm³/mol. The minimum atomic E-state index is -0.539. The van der Waals surface area contributed by atoms with E-state index in [2.05, 4.69) is 26.2 Å². The molecule has 0 saturated heterocycles. The van der Waals surface area contributed by atoms with E-state index < -0.39 is 11.7 Å². The molecule has 9 nitrogen and oxygen atoms in total. The van der Waals surface area contributed by atoms with Crippen LogP contribution in [0.15, 0.2) is 16.9 Å². The molecule has 1 N–H and O–H groups in total. The van der Waals surface area contributed by atoms with Crippen molar-refractivity contribution in [2.75, 3.05) is 19.8 Å². The Morgan fingerprint density at radius 1 is 1.31 bits per heavy atom. The minimum absolute atomic E-state index is 0.0130. The van der Waals surface area contributed by atoms with Crippen LogP contribution in [0, 0.1) is 0 Å². The fraction of sp³-hybridized carbons (Fsp3) is 0.600. The summed E-state index contributed by atoms with van der Waals surface area (Å²) in [5, 5.41) is 3.35. The van der Waals surface area contributed by atoms with Gasteiger partial charge in [0.25, 0.3) is 0 Å². The van der Waals surface area contributed by atoms with Gasteiger partial charge in [-0.1, -0.05) is 17.7 Å². The minimum Gasteiger partial charge on any atom is -0.466 e. The van der Waals surface area contributed by atoms with E-state index in [9.17, 15) is 9.59 Å². The zero-order valence-corrected chi connectivity index (χ0v) is 23.5. The summed E-state index contributed by atoms with van der Waals surface area (Å²) in [6, 6.07) is 0.0130. The van der Waals surface area contributed by atoms with Crippen LogP contribution in [-0.4, -0.2) is 57.9 Å². The molecule has 36 heavy (non-hydrogen) atoms. The highest BCUT2D eigenvalue weighted by molar-refractivity contribution is 9.10. The predicted octanol–water partition coefficient (Wildman–Crippen LogP) is 5.68. The molecule has 1 saturated carbocycles. The van der Waals surface area contributed by atoms with Gasteiger partial charge in [-0.05, 0) is 75.4 Å². The Bertz CT molecular complexity index is 1100. The van der Waals surface area contributed by atoms with Crippen LogP contribution in [0.1, 0.15) is 77.2 Å². The van der Waals surface area contributed by atoms with Gasteiger partial charge in [-0.2, -0.15) is 0 Å². The first-order valence-corrected chi connectivity index (χ1v) is 13.4. The molecule has 11 heteroatoms. The summed E-state index contributed by atoms with van der Waals surface area (Å²) in [4.78, 5) is 32.7. The van der Waals surface area contributed by atoms with E-state index in [1.54, 1.807) is 13.1 Å². The molecule has 1 amide bonds. The van der Waals surface area contributed by atoms with Crippen LogP contribution in [0.5, 0.6) is 0 Å². The molecule has 2 aromatic heterocycles. The van der Waals surface area contributed by atoms with Crippen molar-refractivity contribution in [1.82, 2.24) is 19.7 Å². The number of rotatable bonds is 10. The van der Waals surface area contributed by atoms with Crippen LogP contribution >= 0.6 is 27.5 Å². The Morgan fingerprint density at radius 3 is 2.81 bits per heavy atom. The number of nitrogens with one attached hydrogen (secondary N) is 1. The van der Waals surface area contributed by atoms with Crippen molar-refractivity contribution in [3.63, 3.8) is 0 Å². The molecular formula is C25H34BrClN4O5. The molecule has 2 heterocycles. The molecule has 0 unspecified atom stereocenters. The zero-order valence-electron chi connectivity index (χ0n) is 21.2. The number of hydrogen-bond donors (Lipinski definition) is 1. The number of nitrogens with zero attached hydrogens (tertiary/aromatic N) is 3. The molecule has 2 atom stereocenters. The molecular weight excluding hydrogens is 552 g/mol. The number of aromatic nitrogens is 3. The molecule has 0 aliphatic heterocycles. The summed E-state index contributed by atoms with van der Waals surface area (Å²) in [6.07, 6.45) is 8.66. The maximum Gasteiger partial charge on any atom is 0.407 e. The van der Waals surface area contributed by atoms with Crippen molar-refractivity contribution in [2.24, 2.45) is 0 Å². The van der Waals surface area contributed by atoms with Gasteiger partial charge >= 0.3 is 12.1 Å². The average Bonchev–Trinajstić information content (AvgIpc) is 3.38. The van der Waals surface area contributed by atoms with Gasteiger partial charge < -0.3 is 19.5 Å². The van der Waals surface area contributed by atoms with Crippen LogP contribution in [0.4, 0.5) is 4.79 Å². The molecule has 3 rings (SSSR count). The topological polar surface area (TPSA) is 104 Å². The third kappa shape index (κ3) is 7.91. The Balaban J connectivity index is 1.66. The standard InChI is InChI=1S/C25H34BrClN4O5/c1-5-35-19(32)11-13-34-12-7-6-8-18-15-28-22(27)20-21(26)30-23(31(18)20)16-9-10-17(14-16)29-24(33)36-25(2,3)4/h6,8,15-17H,5,7,9-14H2,1-4H3,(H,29,33)/b8-6+/t16-,17-/m1/s1. The fourth-order valence-corrected chi connectivity index (χ4v) is 5.03. The summed E-state index contributed by atoms with van der Waals surface area (Å²) in [5.41, 5.74) is 1.02. The normalized spacial score (nSPS) is 18.2. The highest BCUT2D eigenvalue weighted by Crippen LogP contribution is 2.38. The van der Waals surface area contributed by atoms with Crippen molar-refractivity contribution in [1.29, 1.82) is 0 Å². The molecule has 1 fully saturated rings. The zero-order chi connectivity index (χ0) is 26.3. The van der Waals surface area contributed by atoms with Crippen molar-refractivity contribution in [3.05, 3.63) is 33.5 Å². The number of esters is 1. The summed E-state index contributed by atoms with van der Waals surface area (Å²) in [7, 11) is 0. The quantitative estimate of drug-likeness (QED) is 0.283. The second-order valence-corrected chi connectivity index (χ2v) is 10.7. The van der Waals surface area contributed by atoms with Crippen LogP contribution in [0.2, 0.25) is 5.15 Å². The largest absolute Gasteiger partial charge is 0.466 e. The lowest BCUT2D eigenvalue weighted by Gasteiger charge is -2.21. The first-order valence-electron chi connectivity index (χ1n) is 12.2. The highest BCUT2D eigenvalue weighted by Gasteiger charge is 2.32. The van der Waals surface area contributed by atoms with Gasteiger partial charge in [-0.25, -0.2) is 14.8 Å². The summed E-state index contributed by atoms with van der Waals surface area (Å²) in [6.45, 7) is 8.52. The molecule has 1 aliphatic rings. The van der Waals surface area contributed by atoms with Gasteiger partial charge in [0.05, 0.1) is 38.1 Å². The van der Waals surface area contributed by atoms with Gasteiger partial charge in [0.2, 0.25) is 0 Å². The number of carbonyl (C=O) groups is 2. The summed E-state index contributed by atoms with van der Waals surface area (Å²) in [5.74, 6) is 0.761. The van der Waals surface area contributed by atoms with E-state index in [0.717, 1.165) is 30.8 Å². The van der Waals surface area contributed by atoms with Gasteiger partial charge in [-0.15, -0.1) is 0 Å². The van der Waals surface area contributed by atoms with E-state index in [4.69, 9.17) is 30.8 Å². The number of alkyl carbamates (subject to hydrolysis) is 1. The number of fused-ring (bicyclic) bond motifs is 1. The molecule has 0 radical (unpaired) electrons. The second kappa shape index (κ2) is 12.9. The Hall–Kier alpha value is -2.17. The van der Waals surface area contributed by atoms with Crippen molar-refractivity contribution < 1.29 is 23.8 Å². The monoisotopic (exact) mass is 584 g/mol. The molecule has 0 bridgehead atoms. The maximum atomic E-state index is 12.2. The first kappa shape index (κ1) is 28.4. The molecule has 0 spiro atoms. The van der Waals surface area contributed by atoms with E-state index >= 15 is 0 Å². The maximum absolute atomic E-state index is 12.2. The Kier molecular flexibility index (Phi) is 10.2. The van der Waals surface area contributed by atoms with Gasteiger partial charge in [0.15, 0.2) is 5.15 Å². The number of amides is 1. The lowest BCUT2D eigenvalue weighted by molar-refractivity contribution is -0.144. The molecule has 198 valence electrons. The van der Waals surface area contributed by atoms with Crippen LogP contribution in [0.25, 0.3) is 11.6 Å². The number of halogens is 2. The van der Waals surface area contributed by atoms with Crippen LogP contribution in [-0.2, 0) is 19.0 Å². The van der Waals surface area contributed by atoms with E-state index in [1.807, 2.05) is 37.3 Å². The SMILES string of the molecule is CCOC(=O)CCOCC/C=C/c1cnc(Cl)c2c(Br)nc([C@@H]3CC[C@@H](NC(=O)OC(C)(C)C)C3)n12. The van der Waals surface area contributed by atoms with E-state index in [1.165, 1.54) is 0 Å². The van der Waals surface area contributed by atoms with Crippen molar-refractivity contribution in [2.45, 2.75) is 77.4 Å². The molecule has 0 aromatic carbocycles. The smallest absolute Gasteiger partial charge is 0.407 e. The van der Waals surface area contributed by atoms with Crippen molar-refractivity contribution in [3.8, 4) is 0 Å². The van der Waals surface area contributed by atoms with Gasteiger partial charge in [-0.3, -0.25) is 9.20 Å². The number of carbonyl (C=O) groups excluding carboxylic acids is 2.